The number of nitrogens with one attached hydrogen (secondary N) is 1. The molecular weight excluding hydrogens is 385 g/mol. The third-order valence-corrected chi connectivity index (χ3v) is 4.93. The normalized spacial score (nSPS) is 15.7. The van der Waals surface area contributed by atoms with Gasteiger partial charge in [0.15, 0.2) is 0 Å². The Kier molecular flexibility index (Phi) is 5.90. The lowest BCUT2D eigenvalue weighted by atomic mass is 9.99. The number of ether oxygens (including phenoxy) is 2. The Hall–Kier alpha value is -3.45. The number of hydrogen-bond acceptors (Lipinski definition) is 5. The van der Waals surface area contributed by atoms with E-state index in [1.165, 1.54) is 12.1 Å². The largest absolute Gasteiger partial charge is 0.457 e. The summed E-state index contributed by atoms with van der Waals surface area (Å²) in [5, 5.41) is 3.33. The number of carbonyl (C=O) groups is 1. The molecule has 1 amide bonds. The molecule has 0 aliphatic carbocycles. The van der Waals surface area contributed by atoms with Crippen molar-refractivity contribution in [2.75, 3.05) is 13.1 Å². The average Bonchev–Trinajstić information content (AvgIpc) is 3.23. The van der Waals surface area contributed by atoms with Crippen LogP contribution in [0.5, 0.6) is 23.1 Å². The molecule has 30 heavy (non-hydrogen) atoms. The first-order valence-corrected chi connectivity index (χ1v) is 9.77. The molecule has 0 spiro atoms. The van der Waals surface area contributed by atoms with Crippen LogP contribution in [-0.4, -0.2) is 24.0 Å². The zero-order valence-electron chi connectivity index (χ0n) is 16.3. The maximum Gasteiger partial charge on any atom is 0.254 e. The maximum atomic E-state index is 13.3. The van der Waals surface area contributed by atoms with E-state index in [0.29, 0.717) is 23.2 Å². The van der Waals surface area contributed by atoms with E-state index in [1.54, 1.807) is 48.7 Å². The van der Waals surface area contributed by atoms with Crippen molar-refractivity contribution in [1.29, 1.82) is 0 Å². The van der Waals surface area contributed by atoms with Gasteiger partial charge in [0.2, 0.25) is 5.88 Å². The average molecular weight is 407 g/mol. The molecule has 0 bridgehead atoms. The first-order valence-electron chi connectivity index (χ1n) is 9.77. The van der Waals surface area contributed by atoms with Gasteiger partial charge in [-0.15, -0.1) is 0 Å². The molecule has 1 fully saturated rings. The number of amides is 1. The van der Waals surface area contributed by atoms with Crippen LogP contribution in [0, 0.1) is 11.7 Å². The van der Waals surface area contributed by atoms with Gasteiger partial charge in [0.1, 0.15) is 28.6 Å². The van der Waals surface area contributed by atoms with Crippen molar-refractivity contribution in [3.63, 3.8) is 0 Å². The van der Waals surface area contributed by atoms with Gasteiger partial charge >= 0.3 is 0 Å². The molecule has 7 heteroatoms. The van der Waals surface area contributed by atoms with E-state index in [9.17, 15) is 9.18 Å². The highest BCUT2D eigenvalue weighted by Gasteiger charge is 2.18. The van der Waals surface area contributed by atoms with Crippen molar-refractivity contribution in [3.05, 3.63) is 77.7 Å². The second kappa shape index (κ2) is 8.92. The predicted octanol–water partition coefficient (Wildman–Crippen LogP) is 4.06. The SMILES string of the molecule is NC(=O)c1cc(CC2CCNC2)cnc1Oc1ccc(Oc2cccc(F)c2)cc1. The molecule has 6 nitrogen and oxygen atoms in total. The maximum absolute atomic E-state index is 13.3. The molecule has 1 aliphatic heterocycles. The number of rotatable bonds is 7. The molecule has 0 radical (unpaired) electrons. The minimum atomic E-state index is -0.588. The topological polar surface area (TPSA) is 86.5 Å². The van der Waals surface area contributed by atoms with Gasteiger partial charge in [-0.3, -0.25) is 4.79 Å². The van der Waals surface area contributed by atoms with Crippen LogP contribution in [0.2, 0.25) is 0 Å². The quantitative estimate of drug-likeness (QED) is 0.617. The van der Waals surface area contributed by atoms with Gasteiger partial charge in [0, 0.05) is 12.3 Å². The van der Waals surface area contributed by atoms with Crippen LogP contribution in [0.3, 0.4) is 0 Å². The Morgan fingerprint density at radius 1 is 1.10 bits per heavy atom. The summed E-state index contributed by atoms with van der Waals surface area (Å²) in [6.07, 6.45) is 3.67. The molecule has 2 heterocycles. The van der Waals surface area contributed by atoms with E-state index in [1.807, 2.05) is 0 Å². The summed E-state index contributed by atoms with van der Waals surface area (Å²) in [6.45, 7) is 1.98. The number of nitrogens with two attached hydrogens (primary N) is 1. The molecule has 2 aromatic carbocycles. The number of nitrogens with zero attached hydrogens (tertiary/aromatic N) is 1. The van der Waals surface area contributed by atoms with Gasteiger partial charge in [-0.2, -0.15) is 0 Å². The van der Waals surface area contributed by atoms with Crippen LogP contribution in [0.1, 0.15) is 22.3 Å². The standard InChI is InChI=1S/C23H22FN3O3/c24-17-2-1-3-20(12-17)29-18-4-6-19(7-5-18)30-23-21(22(25)28)11-16(14-27-23)10-15-8-9-26-13-15/h1-7,11-12,14-15,26H,8-10,13H2,(H2,25,28). The van der Waals surface area contributed by atoms with Gasteiger partial charge < -0.3 is 20.5 Å². The fraction of sp³-hybridized carbons (Fsp3) is 0.217. The number of pyridine rings is 1. The molecule has 1 saturated heterocycles. The van der Waals surface area contributed by atoms with E-state index >= 15 is 0 Å². The number of primary amides is 1. The van der Waals surface area contributed by atoms with E-state index in [0.717, 1.165) is 31.5 Å². The molecule has 0 saturated carbocycles. The van der Waals surface area contributed by atoms with Gasteiger partial charge in [-0.25, -0.2) is 9.37 Å². The minimum Gasteiger partial charge on any atom is -0.457 e. The van der Waals surface area contributed by atoms with Crippen LogP contribution in [0.15, 0.2) is 60.8 Å². The summed E-state index contributed by atoms with van der Waals surface area (Å²) in [5.41, 5.74) is 6.76. The Labute approximate surface area is 173 Å². The minimum absolute atomic E-state index is 0.162. The van der Waals surface area contributed by atoms with Crippen LogP contribution >= 0.6 is 0 Å². The second-order valence-electron chi connectivity index (χ2n) is 7.26. The summed E-state index contributed by atoms with van der Waals surface area (Å²) in [6, 6.07) is 14.4. The zero-order chi connectivity index (χ0) is 20.9. The summed E-state index contributed by atoms with van der Waals surface area (Å²) in [7, 11) is 0. The highest BCUT2D eigenvalue weighted by molar-refractivity contribution is 5.95. The third kappa shape index (κ3) is 4.93. The molecule has 3 aromatic rings. The van der Waals surface area contributed by atoms with E-state index in [4.69, 9.17) is 15.2 Å². The van der Waals surface area contributed by atoms with E-state index in [-0.39, 0.29) is 17.3 Å². The number of halogens is 1. The van der Waals surface area contributed by atoms with Crippen molar-refractivity contribution < 1.29 is 18.7 Å². The Morgan fingerprint density at radius 3 is 2.53 bits per heavy atom. The van der Waals surface area contributed by atoms with Gasteiger partial charge in [0.05, 0.1) is 0 Å². The number of carbonyl (C=O) groups excluding carboxylic acids is 1. The van der Waals surface area contributed by atoms with Crippen LogP contribution in [0.25, 0.3) is 0 Å². The Bertz CT molecular complexity index is 1030. The molecule has 1 unspecified atom stereocenters. The smallest absolute Gasteiger partial charge is 0.254 e. The van der Waals surface area contributed by atoms with Crippen LogP contribution in [-0.2, 0) is 6.42 Å². The van der Waals surface area contributed by atoms with Gasteiger partial charge in [-0.1, -0.05) is 6.07 Å². The molecule has 154 valence electrons. The van der Waals surface area contributed by atoms with Gasteiger partial charge in [-0.05, 0) is 79.9 Å². The number of hydrogen-bond donors (Lipinski definition) is 2. The number of aromatic nitrogens is 1. The summed E-state index contributed by atoms with van der Waals surface area (Å²) in [4.78, 5) is 16.2. The lowest BCUT2D eigenvalue weighted by Gasteiger charge is -2.12. The Balaban J connectivity index is 1.46. The van der Waals surface area contributed by atoms with E-state index < -0.39 is 5.91 Å². The van der Waals surface area contributed by atoms with Crippen molar-refractivity contribution >= 4 is 5.91 Å². The fourth-order valence-corrected chi connectivity index (χ4v) is 3.44. The van der Waals surface area contributed by atoms with Crippen LogP contribution < -0.4 is 20.5 Å². The highest BCUT2D eigenvalue weighted by atomic mass is 19.1. The lowest BCUT2D eigenvalue weighted by Crippen LogP contribution is -2.15. The second-order valence-corrected chi connectivity index (χ2v) is 7.26. The highest BCUT2D eigenvalue weighted by Crippen LogP contribution is 2.28. The summed E-state index contributed by atoms with van der Waals surface area (Å²) in [5.74, 6) is 1.13. The molecule has 1 atom stereocenters. The summed E-state index contributed by atoms with van der Waals surface area (Å²) < 4.78 is 24.7. The predicted molar refractivity (Wildman–Crippen MR) is 110 cm³/mol. The Morgan fingerprint density at radius 2 is 1.87 bits per heavy atom. The van der Waals surface area contributed by atoms with Gasteiger partial charge in [0.25, 0.3) is 5.91 Å². The van der Waals surface area contributed by atoms with E-state index in [2.05, 4.69) is 10.3 Å². The molecule has 3 N–H and O–H groups in total. The molecular formula is C23H22FN3O3. The lowest BCUT2D eigenvalue weighted by molar-refractivity contribution is 0.0997. The van der Waals surface area contributed by atoms with Crippen molar-refractivity contribution in [2.45, 2.75) is 12.8 Å². The molecule has 1 aliphatic rings. The monoisotopic (exact) mass is 407 g/mol. The first-order chi connectivity index (χ1) is 14.6. The molecule has 4 rings (SSSR count). The fourth-order valence-electron chi connectivity index (χ4n) is 3.44. The summed E-state index contributed by atoms with van der Waals surface area (Å²) >= 11 is 0. The number of benzene rings is 2. The molecule has 1 aromatic heterocycles. The van der Waals surface area contributed by atoms with Crippen molar-refractivity contribution in [3.8, 4) is 23.1 Å². The third-order valence-electron chi connectivity index (χ3n) is 4.93. The van der Waals surface area contributed by atoms with Crippen molar-refractivity contribution in [1.82, 2.24) is 10.3 Å². The van der Waals surface area contributed by atoms with Crippen molar-refractivity contribution in [2.24, 2.45) is 11.7 Å². The zero-order valence-corrected chi connectivity index (χ0v) is 16.3. The first kappa shape index (κ1) is 19.8. The van der Waals surface area contributed by atoms with Crippen LogP contribution in [0.4, 0.5) is 4.39 Å².